The summed E-state index contributed by atoms with van der Waals surface area (Å²) >= 11 is 0. The first kappa shape index (κ1) is 26.6. The van der Waals surface area contributed by atoms with E-state index in [2.05, 4.69) is 10.3 Å². The molecule has 1 atom stereocenters. The van der Waals surface area contributed by atoms with Crippen molar-refractivity contribution in [1.82, 2.24) is 13.9 Å². The van der Waals surface area contributed by atoms with E-state index in [1.807, 2.05) is 66.9 Å². The molecule has 2 heterocycles. The van der Waals surface area contributed by atoms with Crippen LogP contribution in [0.4, 0.5) is 5.95 Å². The molecule has 5 rings (SSSR count). The van der Waals surface area contributed by atoms with Gasteiger partial charge in [-0.25, -0.2) is 13.4 Å². The van der Waals surface area contributed by atoms with Gasteiger partial charge in [0.05, 0.1) is 30.3 Å². The van der Waals surface area contributed by atoms with E-state index >= 15 is 0 Å². The number of hydrogen-bond donors (Lipinski definition) is 1. The Hall–Kier alpha value is -3.99. The number of imidazole rings is 1. The quantitative estimate of drug-likeness (QED) is 0.317. The van der Waals surface area contributed by atoms with E-state index in [0.29, 0.717) is 24.0 Å². The SMILES string of the molecule is COc1ccc(S(=O)(=O)N(CC(=O)Nc2nc(-c3ccccc3)cn2-c2ccccc2)CC2CCCO2)cc1. The number of amides is 1. The van der Waals surface area contributed by atoms with Crippen LogP contribution in [-0.2, 0) is 19.6 Å². The van der Waals surface area contributed by atoms with Gasteiger partial charge >= 0.3 is 0 Å². The summed E-state index contributed by atoms with van der Waals surface area (Å²) < 4.78 is 41.0. The highest BCUT2D eigenvalue weighted by atomic mass is 32.2. The van der Waals surface area contributed by atoms with Crippen LogP contribution in [0.25, 0.3) is 16.9 Å². The lowest BCUT2D eigenvalue weighted by molar-refractivity contribution is -0.116. The van der Waals surface area contributed by atoms with Gasteiger partial charge < -0.3 is 9.47 Å². The summed E-state index contributed by atoms with van der Waals surface area (Å²) in [4.78, 5) is 18.1. The summed E-state index contributed by atoms with van der Waals surface area (Å²) in [5, 5.41) is 2.84. The van der Waals surface area contributed by atoms with Crippen molar-refractivity contribution in [2.75, 3.05) is 32.1 Å². The van der Waals surface area contributed by atoms with E-state index < -0.39 is 22.5 Å². The number of nitrogens with zero attached hydrogens (tertiary/aromatic N) is 3. The van der Waals surface area contributed by atoms with Crippen molar-refractivity contribution in [3.8, 4) is 22.7 Å². The number of rotatable bonds is 10. The molecule has 0 saturated carbocycles. The van der Waals surface area contributed by atoms with Gasteiger partial charge in [-0.1, -0.05) is 48.5 Å². The van der Waals surface area contributed by atoms with Gasteiger partial charge in [0.15, 0.2) is 0 Å². The summed E-state index contributed by atoms with van der Waals surface area (Å²) in [5.41, 5.74) is 2.38. The number of anilines is 1. The van der Waals surface area contributed by atoms with Gasteiger partial charge in [0.2, 0.25) is 21.9 Å². The maximum Gasteiger partial charge on any atom is 0.243 e. The minimum Gasteiger partial charge on any atom is -0.497 e. The highest BCUT2D eigenvalue weighted by Crippen LogP contribution is 2.25. The number of benzene rings is 3. The monoisotopic (exact) mass is 546 g/mol. The molecule has 0 bridgehead atoms. The Morgan fingerprint density at radius 1 is 1.05 bits per heavy atom. The van der Waals surface area contributed by atoms with Crippen LogP contribution in [0.3, 0.4) is 0 Å². The zero-order valence-corrected chi connectivity index (χ0v) is 22.4. The number of ether oxygens (including phenoxy) is 2. The Morgan fingerprint density at radius 3 is 2.38 bits per heavy atom. The van der Waals surface area contributed by atoms with Crippen molar-refractivity contribution in [2.45, 2.75) is 23.8 Å². The number of nitrogens with one attached hydrogen (secondary N) is 1. The first-order valence-corrected chi connectivity index (χ1v) is 14.1. The second-order valence-electron chi connectivity index (χ2n) is 9.18. The predicted molar refractivity (Wildman–Crippen MR) is 148 cm³/mol. The smallest absolute Gasteiger partial charge is 0.243 e. The Kier molecular flexibility index (Phi) is 8.06. The first-order valence-electron chi connectivity index (χ1n) is 12.7. The Balaban J connectivity index is 1.42. The van der Waals surface area contributed by atoms with Crippen molar-refractivity contribution in [2.24, 2.45) is 0 Å². The van der Waals surface area contributed by atoms with Gasteiger partial charge in [-0.2, -0.15) is 4.31 Å². The third-order valence-electron chi connectivity index (χ3n) is 6.51. The number of carbonyl (C=O) groups is 1. The lowest BCUT2D eigenvalue weighted by atomic mass is 10.2. The molecule has 4 aromatic rings. The Labute approximate surface area is 228 Å². The third kappa shape index (κ3) is 6.19. The number of methoxy groups -OCH3 is 1. The fourth-order valence-electron chi connectivity index (χ4n) is 4.49. The molecule has 0 aliphatic carbocycles. The van der Waals surface area contributed by atoms with Gasteiger partial charge in [-0.3, -0.25) is 14.7 Å². The van der Waals surface area contributed by atoms with Crippen molar-refractivity contribution in [3.63, 3.8) is 0 Å². The molecule has 1 fully saturated rings. The maximum atomic E-state index is 13.6. The minimum absolute atomic E-state index is 0.0736. The molecule has 1 aromatic heterocycles. The molecule has 1 aliphatic heterocycles. The van der Waals surface area contributed by atoms with Gasteiger partial charge in [-0.05, 0) is 49.2 Å². The molecule has 202 valence electrons. The van der Waals surface area contributed by atoms with Crippen LogP contribution in [-0.4, -0.2) is 61.1 Å². The normalized spacial score (nSPS) is 15.4. The van der Waals surface area contributed by atoms with Crippen LogP contribution in [0, 0.1) is 0 Å². The molecule has 0 spiro atoms. The zero-order valence-electron chi connectivity index (χ0n) is 21.6. The van der Waals surface area contributed by atoms with Crippen molar-refractivity contribution >= 4 is 21.9 Å². The lowest BCUT2D eigenvalue weighted by Crippen LogP contribution is -2.42. The van der Waals surface area contributed by atoms with E-state index in [1.165, 1.54) is 23.5 Å². The molecule has 3 aromatic carbocycles. The van der Waals surface area contributed by atoms with Crippen molar-refractivity contribution < 1.29 is 22.7 Å². The standard InChI is InChI=1S/C29H30N4O5S/c1-37-24-14-16-26(17-15-24)39(35,36)32(19-25-13-8-18-38-25)21-28(34)31-29-30-27(22-9-4-2-5-10-22)20-33(29)23-11-6-3-7-12-23/h2-7,9-12,14-17,20,25H,8,13,18-19,21H2,1H3,(H,30,31,34). The molecule has 39 heavy (non-hydrogen) atoms. The van der Waals surface area contributed by atoms with Crippen molar-refractivity contribution in [1.29, 1.82) is 0 Å². The summed E-state index contributed by atoms with van der Waals surface area (Å²) in [6.45, 7) is 0.255. The van der Waals surface area contributed by atoms with Crippen LogP contribution in [0.15, 0.2) is 96.0 Å². The Bertz CT molecular complexity index is 1500. The largest absolute Gasteiger partial charge is 0.497 e. The van der Waals surface area contributed by atoms with E-state index in [-0.39, 0.29) is 17.5 Å². The average molecular weight is 547 g/mol. The summed E-state index contributed by atoms with van der Waals surface area (Å²) in [6.07, 6.45) is 3.15. The zero-order chi connectivity index (χ0) is 27.2. The van der Waals surface area contributed by atoms with Crippen LogP contribution in [0.5, 0.6) is 5.75 Å². The summed E-state index contributed by atoms with van der Waals surface area (Å²) in [7, 11) is -2.48. The molecular weight excluding hydrogens is 516 g/mol. The molecular formula is C29H30N4O5S. The number of carbonyl (C=O) groups excluding carboxylic acids is 1. The second kappa shape index (κ2) is 11.8. The molecule has 1 N–H and O–H groups in total. The highest BCUT2D eigenvalue weighted by Gasteiger charge is 2.31. The van der Waals surface area contributed by atoms with E-state index in [1.54, 1.807) is 16.7 Å². The molecule has 1 unspecified atom stereocenters. The van der Waals surface area contributed by atoms with E-state index in [0.717, 1.165) is 24.1 Å². The van der Waals surface area contributed by atoms with Gasteiger partial charge in [-0.15, -0.1) is 0 Å². The lowest BCUT2D eigenvalue weighted by Gasteiger charge is -2.24. The number of sulfonamides is 1. The molecule has 10 heteroatoms. The maximum absolute atomic E-state index is 13.6. The Morgan fingerprint density at radius 2 is 1.74 bits per heavy atom. The molecule has 1 amide bonds. The fraction of sp³-hybridized carbons (Fsp3) is 0.241. The van der Waals surface area contributed by atoms with Gasteiger partial charge in [0.25, 0.3) is 0 Å². The van der Waals surface area contributed by atoms with E-state index in [4.69, 9.17) is 9.47 Å². The molecule has 0 radical (unpaired) electrons. The average Bonchev–Trinajstić information content (AvgIpc) is 3.64. The molecule has 1 saturated heterocycles. The third-order valence-corrected chi connectivity index (χ3v) is 8.34. The van der Waals surface area contributed by atoms with Crippen LogP contribution in [0.1, 0.15) is 12.8 Å². The minimum atomic E-state index is -3.99. The highest BCUT2D eigenvalue weighted by molar-refractivity contribution is 7.89. The second-order valence-corrected chi connectivity index (χ2v) is 11.1. The fourth-order valence-corrected chi connectivity index (χ4v) is 5.91. The predicted octanol–water partition coefficient (Wildman–Crippen LogP) is 4.36. The van der Waals surface area contributed by atoms with Crippen molar-refractivity contribution in [3.05, 3.63) is 91.1 Å². The molecule has 9 nitrogen and oxygen atoms in total. The summed E-state index contributed by atoms with van der Waals surface area (Å²) in [6, 6.07) is 25.3. The van der Waals surface area contributed by atoms with Gasteiger partial charge in [0.1, 0.15) is 5.75 Å². The van der Waals surface area contributed by atoms with Crippen LogP contribution >= 0.6 is 0 Å². The number of aromatic nitrogens is 2. The topological polar surface area (TPSA) is 103 Å². The number of para-hydroxylation sites is 1. The summed E-state index contributed by atoms with van der Waals surface area (Å²) in [5.74, 6) is 0.329. The van der Waals surface area contributed by atoms with Gasteiger partial charge in [0, 0.05) is 30.6 Å². The van der Waals surface area contributed by atoms with Crippen LogP contribution < -0.4 is 10.1 Å². The molecule has 1 aliphatic rings. The first-order chi connectivity index (χ1) is 18.9. The van der Waals surface area contributed by atoms with E-state index in [9.17, 15) is 13.2 Å². The number of hydrogen-bond acceptors (Lipinski definition) is 6. The van der Waals surface area contributed by atoms with Crippen LogP contribution in [0.2, 0.25) is 0 Å².